The number of anilines is 1. The Bertz CT molecular complexity index is 734. The maximum Gasteiger partial charge on any atom is 0.308 e. The van der Waals surface area contributed by atoms with E-state index in [0.29, 0.717) is 27.2 Å². The van der Waals surface area contributed by atoms with Crippen LogP contribution in [0.15, 0.2) is 42.5 Å². The van der Waals surface area contributed by atoms with Gasteiger partial charge in [0, 0.05) is 23.7 Å². The van der Waals surface area contributed by atoms with Crippen LogP contribution in [0.4, 0.5) is 5.69 Å². The van der Waals surface area contributed by atoms with Crippen molar-refractivity contribution < 1.29 is 19.1 Å². The lowest BCUT2D eigenvalue weighted by atomic mass is 10.3. The van der Waals surface area contributed by atoms with Crippen LogP contribution in [0.5, 0.6) is 11.5 Å². The summed E-state index contributed by atoms with van der Waals surface area (Å²) < 4.78 is 10.3. The van der Waals surface area contributed by atoms with Crippen LogP contribution in [0.25, 0.3) is 0 Å². The van der Waals surface area contributed by atoms with E-state index >= 15 is 0 Å². The van der Waals surface area contributed by atoms with Gasteiger partial charge in [-0.15, -0.1) is 0 Å². The molecular formula is C16H13Cl2NO4. The van der Waals surface area contributed by atoms with E-state index in [1.54, 1.807) is 30.3 Å². The average Bonchev–Trinajstić information content (AvgIpc) is 2.46. The monoisotopic (exact) mass is 353 g/mol. The molecule has 0 atom stereocenters. The molecule has 0 aromatic heterocycles. The van der Waals surface area contributed by atoms with Gasteiger partial charge in [-0.3, -0.25) is 9.59 Å². The van der Waals surface area contributed by atoms with Gasteiger partial charge in [-0.2, -0.15) is 0 Å². The van der Waals surface area contributed by atoms with Crippen molar-refractivity contribution in [3.05, 3.63) is 52.5 Å². The van der Waals surface area contributed by atoms with Crippen LogP contribution in [-0.4, -0.2) is 18.5 Å². The fourth-order valence-electron chi connectivity index (χ4n) is 1.74. The Morgan fingerprint density at radius 3 is 2.61 bits per heavy atom. The van der Waals surface area contributed by atoms with Gasteiger partial charge in [0.25, 0.3) is 5.91 Å². The Morgan fingerprint density at radius 2 is 1.91 bits per heavy atom. The summed E-state index contributed by atoms with van der Waals surface area (Å²) in [5.74, 6) is -0.109. The summed E-state index contributed by atoms with van der Waals surface area (Å²) in [5.41, 5.74) is 0.486. The van der Waals surface area contributed by atoms with Crippen LogP contribution >= 0.6 is 23.2 Å². The smallest absolute Gasteiger partial charge is 0.308 e. The Labute approximate surface area is 143 Å². The van der Waals surface area contributed by atoms with Crippen molar-refractivity contribution in [1.82, 2.24) is 0 Å². The van der Waals surface area contributed by atoms with Crippen molar-refractivity contribution in [3.8, 4) is 11.5 Å². The number of benzene rings is 2. The lowest BCUT2D eigenvalue weighted by Gasteiger charge is -2.09. The van der Waals surface area contributed by atoms with E-state index in [1.165, 1.54) is 19.1 Å². The molecular weight excluding hydrogens is 341 g/mol. The van der Waals surface area contributed by atoms with E-state index in [1.807, 2.05) is 0 Å². The van der Waals surface area contributed by atoms with E-state index in [-0.39, 0.29) is 12.5 Å². The van der Waals surface area contributed by atoms with Crippen LogP contribution in [0, 0.1) is 0 Å². The number of rotatable bonds is 5. The molecule has 0 saturated carbocycles. The summed E-state index contributed by atoms with van der Waals surface area (Å²) >= 11 is 11.7. The van der Waals surface area contributed by atoms with Gasteiger partial charge in [0.2, 0.25) is 0 Å². The standard InChI is InChI=1S/C16H13Cl2NO4/c1-10(20)23-13-4-2-3-12(8-13)19-16(21)9-22-15-6-5-11(17)7-14(15)18/h2-8H,9H2,1H3,(H,19,21). The molecule has 1 amide bonds. The molecule has 0 aliphatic rings. The molecule has 2 aromatic rings. The molecule has 0 fully saturated rings. The van der Waals surface area contributed by atoms with E-state index in [4.69, 9.17) is 32.7 Å². The topological polar surface area (TPSA) is 64.6 Å². The Morgan fingerprint density at radius 1 is 1.13 bits per heavy atom. The Kier molecular flexibility index (Phi) is 5.84. The van der Waals surface area contributed by atoms with Gasteiger partial charge in [-0.25, -0.2) is 0 Å². The van der Waals surface area contributed by atoms with E-state index in [0.717, 1.165) is 0 Å². The number of amides is 1. The van der Waals surface area contributed by atoms with Gasteiger partial charge >= 0.3 is 5.97 Å². The third kappa shape index (κ3) is 5.47. The van der Waals surface area contributed by atoms with Gasteiger partial charge in [0.1, 0.15) is 11.5 Å². The van der Waals surface area contributed by atoms with Gasteiger partial charge in [0.05, 0.1) is 5.02 Å². The lowest BCUT2D eigenvalue weighted by molar-refractivity contribution is -0.131. The molecule has 0 aliphatic heterocycles. The van der Waals surface area contributed by atoms with Crippen LogP contribution in [0.2, 0.25) is 10.0 Å². The zero-order valence-corrected chi connectivity index (χ0v) is 13.6. The quantitative estimate of drug-likeness (QED) is 0.653. The third-order valence-corrected chi connectivity index (χ3v) is 3.16. The number of hydrogen-bond donors (Lipinski definition) is 1. The van der Waals surface area contributed by atoms with Crippen molar-refractivity contribution in [2.75, 3.05) is 11.9 Å². The number of carbonyl (C=O) groups excluding carboxylic acids is 2. The van der Waals surface area contributed by atoms with Crippen LogP contribution < -0.4 is 14.8 Å². The number of halogens is 2. The highest BCUT2D eigenvalue weighted by atomic mass is 35.5. The minimum Gasteiger partial charge on any atom is -0.482 e. The minimum absolute atomic E-state index is 0.223. The highest BCUT2D eigenvalue weighted by Crippen LogP contribution is 2.27. The Balaban J connectivity index is 1.93. The summed E-state index contributed by atoms with van der Waals surface area (Å²) in [6.45, 7) is 1.08. The first-order valence-corrected chi connectivity index (χ1v) is 7.36. The van der Waals surface area contributed by atoms with Gasteiger partial charge in [-0.1, -0.05) is 29.3 Å². The highest BCUT2D eigenvalue weighted by molar-refractivity contribution is 6.35. The normalized spacial score (nSPS) is 10.0. The molecule has 120 valence electrons. The van der Waals surface area contributed by atoms with Crippen molar-refractivity contribution in [3.63, 3.8) is 0 Å². The van der Waals surface area contributed by atoms with Gasteiger partial charge in [-0.05, 0) is 30.3 Å². The van der Waals surface area contributed by atoms with Gasteiger partial charge in [0.15, 0.2) is 6.61 Å². The van der Waals surface area contributed by atoms with E-state index in [2.05, 4.69) is 5.32 Å². The van der Waals surface area contributed by atoms with Crippen LogP contribution in [0.3, 0.4) is 0 Å². The van der Waals surface area contributed by atoms with Crippen molar-refractivity contribution in [2.45, 2.75) is 6.92 Å². The molecule has 5 nitrogen and oxygen atoms in total. The second-order valence-corrected chi connectivity index (χ2v) is 5.38. The maximum absolute atomic E-state index is 11.9. The Hall–Kier alpha value is -2.24. The summed E-state index contributed by atoms with van der Waals surface area (Å²) in [4.78, 5) is 22.8. The molecule has 7 heteroatoms. The molecule has 23 heavy (non-hydrogen) atoms. The largest absolute Gasteiger partial charge is 0.482 e. The second-order valence-electron chi connectivity index (χ2n) is 4.53. The van der Waals surface area contributed by atoms with E-state index in [9.17, 15) is 9.59 Å². The van der Waals surface area contributed by atoms with Crippen LogP contribution in [-0.2, 0) is 9.59 Å². The lowest BCUT2D eigenvalue weighted by Crippen LogP contribution is -2.20. The molecule has 0 radical (unpaired) electrons. The molecule has 1 N–H and O–H groups in total. The van der Waals surface area contributed by atoms with Crippen molar-refractivity contribution >= 4 is 40.8 Å². The highest BCUT2D eigenvalue weighted by Gasteiger charge is 2.08. The molecule has 2 rings (SSSR count). The molecule has 2 aromatic carbocycles. The number of nitrogens with one attached hydrogen (secondary N) is 1. The SMILES string of the molecule is CC(=O)Oc1cccc(NC(=O)COc2ccc(Cl)cc2Cl)c1. The first-order valence-electron chi connectivity index (χ1n) is 6.60. The summed E-state index contributed by atoms with van der Waals surface area (Å²) in [6, 6.07) is 11.2. The van der Waals surface area contributed by atoms with Gasteiger partial charge < -0.3 is 14.8 Å². The maximum atomic E-state index is 11.9. The molecule has 0 unspecified atom stereocenters. The van der Waals surface area contributed by atoms with Crippen molar-refractivity contribution in [1.29, 1.82) is 0 Å². The van der Waals surface area contributed by atoms with Crippen molar-refractivity contribution in [2.24, 2.45) is 0 Å². The predicted molar refractivity (Wildman–Crippen MR) is 88.3 cm³/mol. The fourth-order valence-corrected chi connectivity index (χ4v) is 2.20. The molecule has 0 saturated heterocycles. The summed E-state index contributed by atoms with van der Waals surface area (Å²) in [5, 5.41) is 3.43. The number of esters is 1. The first-order chi connectivity index (χ1) is 10.9. The van der Waals surface area contributed by atoms with Crippen LogP contribution in [0.1, 0.15) is 6.92 Å². The predicted octanol–water partition coefficient (Wildman–Crippen LogP) is 3.94. The number of carbonyl (C=O) groups is 2. The number of ether oxygens (including phenoxy) is 2. The first kappa shape index (κ1) is 17.1. The molecule has 0 heterocycles. The third-order valence-electron chi connectivity index (χ3n) is 2.63. The molecule has 0 spiro atoms. The van der Waals surface area contributed by atoms with E-state index < -0.39 is 5.97 Å². The number of hydrogen-bond acceptors (Lipinski definition) is 4. The molecule has 0 aliphatic carbocycles. The zero-order chi connectivity index (χ0) is 16.8. The zero-order valence-electron chi connectivity index (χ0n) is 12.1. The molecule has 0 bridgehead atoms. The fraction of sp³-hybridized carbons (Fsp3) is 0.125. The minimum atomic E-state index is -0.436. The summed E-state index contributed by atoms with van der Waals surface area (Å²) in [7, 11) is 0. The average molecular weight is 354 g/mol. The second kappa shape index (κ2) is 7.85. The summed E-state index contributed by atoms with van der Waals surface area (Å²) in [6.07, 6.45) is 0.